The highest BCUT2D eigenvalue weighted by Crippen LogP contribution is 2.30. The zero-order valence-electron chi connectivity index (χ0n) is 19.5. The Morgan fingerprint density at radius 3 is 2.44 bits per heavy atom. The predicted octanol–water partition coefficient (Wildman–Crippen LogP) is 4.92. The molecule has 2 amide bonds. The summed E-state index contributed by atoms with van der Waals surface area (Å²) in [4.78, 5) is 43.0. The number of nitrogens with zero attached hydrogens (tertiary/aromatic N) is 2. The van der Waals surface area contributed by atoms with Gasteiger partial charge in [0.25, 0.3) is 5.91 Å². The second-order valence-corrected chi connectivity index (χ2v) is 8.85. The maximum absolute atomic E-state index is 13.1. The number of benzene rings is 3. The van der Waals surface area contributed by atoms with Crippen LogP contribution in [0.3, 0.4) is 0 Å². The number of carbonyl (C=O) groups is 3. The van der Waals surface area contributed by atoms with Crippen molar-refractivity contribution in [2.75, 3.05) is 18.4 Å². The van der Waals surface area contributed by atoms with E-state index in [2.05, 4.69) is 5.32 Å². The van der Waals surface area contributed by atoms with E-state index in [0.717, 1.165) is 22.5 Å². The van der Waals surface area contributed by atoms with Crippen molar-refractivity contribution in [3.8, 4) is 0 Å². The van der Waals surface area contributed by atoms with Gasteiger partial charge in [0.2, 0.25) is 0 Å². The first-order chi connectivity index (χ1) is 17.5. The lowest BCUT2D eigenvalue weighted by atomic mass is 10.0. The Balaban J connectivity index is 1.14. The van der Waals surface area contributed by atoms with Crippen LogP contribution in [0.2, 0.25) is 0 Å². The minimum atomic E-state index is -1.07. The molecule has 8 heteroatoms. The first-order valence-electron chi connectivity index (χ1n) is 11.8. The quantitative estimate of drug-likeness (QED) is 0.536. The van der Waals surface area contributed by atoms with Crippen LogP contribution < -0.4 is 5.32 Å². The van der Waals surface area contributed by atoms with Gasteiger partial charge in [0.05, 0.1) is 17.0 Å². The van der Waals surface area contributed by atoms with Gasteiger partial charge in [-0.3, -0.25) is 15.1 Å². The monoisotopic (exact) mass is 483 g/mol. The summed E-state index contributed by atoms with van der Waals surface area (Å²) in [5, 5.41) is 11.6. The number of carboxylic acid groups (broad SMARTS) is 1. The van der Waals surface area contributed by atoms with E-state index in [-0.39, 0.29) is 17.6 Å². The lowest BCUT2D eigenvalue weighted by Gasteiger charge is -2.31. The molecule has 0 spiro atoms. The van der Waals surface area contributed by atoms with Crippen LogP contribution in [-0.2, 0) is 11.2 Å². The van der Waals surface area contributed by atoms with Crippen LogP contribution in [0.4, 0.5) is 16.2 Å². The van der Waals surface area contributed by atoms with Crippen LogP contribution in [0.5, 0.6) is 0 Å². The zero-order chi connectivity index (χ0) is 25.1. The highest BCUT2D eigenvalue weighted by Gasteiger charge is 2.27. The van der Waals surface area contributed by atoms with Crippen LogP contribution in [0.25, 0.3) is 0 Å². The van der Waals surface area contributed by atoms with Gasteiger partial charge in [-0.1, -0.05) is 36.4 Å². The molecule has 3 aromatic carbocycles. The van der Waals surface area contributed by atoms with Crippen molar-refractivity contribution in [1.29, 1.82) is 0 Å². The van der Waals surface area contributed by atoms with E-state index in [1.165, 1.54) is 12.1 Å². The molecule has 5 rings (SSSR count). The molecule has 36 heavy (non-hydrogen) atoms. The summed E-state index contributed by atoms with van der Waals surface area (Å²) < 4.78 is 5.49. The molecule has 0 unspecified atom stereocenters. The third-order valence-electron chi connectivity index (χ3n) is 6.41. The molecule has 2 N–H and O–H groups in total. The summed E-state index contributed by atoms with van der Waals surface area (Å²) in [7, 11) is 0. The summed E-state index contributed by atoms with van der Waals surface area (Å²) in [5.74, 6) is -1.11. The van der Waals surface area contributed by atoms with Crippen LogP contribution in [0.15, 0.2) is 77.8 Å². The Labute approximate surface area is 208 Å². The molecule has 182 valence electrons. The predicted molar refractivity (Wildman–Crippen MR) is 135 cm³/mol. The van der Waals surface area contributed by atoms with Gasteiger partial charge in [-0.15, -0.1) is 0 Å². The van der Waals surface area contributed by atoms with Gasteiger partial charge in [-0.25, -0.2) is 9.59 Å². The Morgan fingerprint density at radius 2 is 1.69 bits per heavy atom. The molecular weight excluding hydrogens is 458 g/mol. The maximum Gasteiger partial charge on any atom is 0.411 e. The molecule has 3 aromatic rings. The summed E-state index contributed by atoms with van der Waals surface area (Å²) in [5.41, 5.74) is 5.09. The molecule has 1 fully saturated rings. The number of hydrogen-bond acceptors (Lipinski definition) is 5. The summed E-state index contributed by atoms with van der Waals surface area (Å²) in [6.07, 6.45) is 0.788. The second-order valence-electron chi connectivity index (χ2n) is 8.85. The van der Waals surface area contributed by atoms with Gasteiger partial charge >= 0.3 is 12.1 Å². The Hall–Kier alpha value is -4.46. The van der Waals surface area contributed by atoms with Crippen LogP contribution >= 0.6 is 0 Å². The number of anilines is 1. The number of carboxylic acids is 1. The fourth-order valence-corrected chi connectivity index (χ4v) is 4.52. The standard InChI is InChI=1S/C28H25N3O5/c32-26(19-9-10-24-21(15-19)17-25(30-24)18-5-2-1-3-6-18)31-13-11-23(12-14-31)36-28(35)29-22-8-4-7-20(16-22)27(33)34/h1-10,15-16,23H,11-14,17H2,(H,29,35)(H,33,34). The molecule has 2 heterocycles. The van der Waals surface area contributed by atoms with Gasteiger partial charge in [0.15, 0.2) is 0 Å². The SMILES string of the molecule is O=C(Nc1cccc(C(=O)O)c1)OC1CCN(C(=O)c2ccc3c(c2)CC(c2ccccc2)=N3)CC1. The van der Waals surface area contributed by atoms with Crippen LogP contribution in [0.1, 0.15) is 44.7 Å². The van der Waals surface area contributed by atoms with Crippen molar-refractivity contribution in [1.82, 2.24) is 4.90 Å². The topological polar surface area (TPSA) is 108 Å². The number of aromatic carboxylic acids is 1. The molecule has 1 saturated heterocycles. The van der Waals surface area contributed by atoms with E-state index in [1.54, 1.807) is 17.0 Å². The number of fused-ring (bicyclic) bond motifs is 1. The van der Waals surface area contributed by atoms with Crippen molar-refractivity contribution in [3.05, 3.63) is 95.1 Å². The second kappa shape index (κ2) is 10.0. The Kier molecular flexibility index (Phi) is 6.49. The highest BCUT2D eigenvalue weighted by atomic mass is 16.6. The van der Waals surface area contributed by atoms with Crippen molar-refractivity contribution in [3.63, 3.8) is 0 Å². The zero-order valence-corrected chi connectivity index (χ0v) is 19.5. The molecule has 0 bridgehead atoms. The summed E-state index contributed by atoms with van der Waals surface area (Å²) >= 11 is 0. The van der Waals surface area contributed by atoms with Crippen molar-refractivity contribution in [2.24, 2.45) is 4.99 Å². The molecule has 0 aromatic heterocycles. The molecule has 2 aliphatic heterocycles. The Bertz CT molecular complexity index is 1340. The van der Waals surface area contributed by atoms with E-state index in [1.807, 2.05) is 48.5 Å². The van der Waals surface area contributed by atoms with Gasteiger partial charge in [0.1, 0.15) is 6.10 Å². The average Bonchev–Trinajstić information content (AvgIpc) is 3.33. The number of hydrogen-bond donors (Lipinski definition) is 2. The van der Waals surface area contributed by atoms with Gasteiger partial charge in [-0.2, -0.15) is 0 Å². The number of rotatable bonds is 5. The third kappa shape index (κ3) is 5.12. The first-order valence-corrected chi connectivity index (χ1v) is 11.8. The average molecular weight is 484 g/mol. The highest BCUT2D eigenvalue weighted by molar-refractivity contribution is 6.07. The normalized spacial score (nSPS) is 15.1. The molecule has 8 nitrogen and oxygen atoms in total. The molecule has 0 radical (unpaired) electrons. The van der Waals surface area contributed by atoms with Crippen LogP contribution in [0, 0.1) is 0 Å². The van der Waals surface area contributed by atoms with Crippen LogP contribution in [-0.4, -0.2) is 52.9 Å². The lowest BCUT2D eigenvalue weighted by molar-refractivity contribution is 0.0467. The molecule has 2 aliphatic rings. The van der Waals surface area contributed by atoms with Crippen molar-refractivity contribution >= 4 is 35.1 Å². The lowest BCUT2D eigenvalue weighted by Crippen LogP contribution is -2.41. The summed E-state index contributed by atoms with van der Waals surface area (Å²) in [6, 6.07) is 21.6. The van der Waals surface area contributed by atoms with Gasteiger partial charge in [0, 0.05) is 43.6 Å². The largest absolute Gasteiger partial charge is 0.478 e. The third-order valence-corrected chi connectivity index (χ3v) is 6.41. The minimum Gasteiger partial charge on any atom is -0.478 e. The van der Waals surface area contributed by atoms with E-state index in [0.29, 0.717) is 43.6 Å². The minimum absolute atomic E-state index is 0.0423. The first kappa shape index (κ1) is 23.3. The number of nitrogens with one attached hydrogen (secondary N) is 1. The number of piperidine rings is 1. The molecule has 0 atom stereocenters. The van der Waals surface area contributed by atoms with E-state index >= 15 is 0 Å². The fourth-order valence-electron chi connectivity index (χ4n) is 4.52. The van der Waals surface area contributed by atoms with E-state index < -0.39 is 12.1 Å². The molecular formula is C28H25N3O5. The van der Waals surface area contributed by atoms with Crippen molar-refractivity contribution in [2.45, 2.75) is 25.4 Å². The smallest absolute Gasteiger partial charge is 0.411 e. The molecule has 0 aliphatic carbocycles. The maximum atomic E-state index is 13.1. The van der Waals surface area contributed by atoms with Gasteiger partial charge < -0.3 is 14.7 Å². The van der Waals surface area contributed by atoms with Gasteiger partial charge in [-0.05, 0) is 47.5 Å². The number of likely N-dealkylation sites (tertiary alicyclic amines) is 1. The number of ether oxygens (including phenoxy) is 1. The van der Waals surface area contributed by atoms with E-state index in [4.69, 9.17) is 14.8 Å². The van der Waals surface area contributed by atoms with Crippen molar-refractivity contribution < 1.29 is 24.2 Å². The van der Waals surface area contributed by atoms with E-state index in [9.17, 15) is 14.4 Å². The number of carbonyl (C=O) groups excluding carboxylic acids is 2. The Morgan fingerprint density at radius 1 is 0.917 bits per heavy atom. The fraction of sp³-hybridized carbons (Fsp3) is 0.214. The molecule has 0 saturated carbocycles. The summed E-state index contributed by atoms with van der Waals surface area (Å²) in [6.45, 7) is 0.961. The number of aliphatic imine (C=N–C) groups is 1. The number of amides is 2.